The first-order valence-electron chi connectivity index (χ1n) is 5.88. The zero-order chi connectivity index (χ0) is 14.0. The Balaban J connectivity index is 2.13. The van der Waals surface area contributed by atoms with Crippen LogP contribution in [0, 0.1) is 10.1 Å². The molecule has 6 nitrogen and oxygen atoms in total. The summed E-state index contributed by atoms with van der Waals surface area (Å²) in [6, 6.07) is 4.01. The number of nitrogens with zero attached hydrogens (tertiary/aromatic N) is 2. The third-order valence-corrected chi connectivity index (χ3v) is 3.55. The monoisotopic (exact) mass is 284 g/mol. The van der Waals surface area contributed by atoms with Gasteiger partial charge in [-0.25, -0.2) is 0 Å². The molecule has 0 aromatic heterocycles. The molecule has 1 aromatic carbocycles. The van der Waals surface area contributed by atoms with Gasteiger partial charge in [-0.05, 0) is 31.0 Å². The Labute approximate surface area is 114 Å². The Hall–Kier alpha value is -1.66. The molecule has 0 saturated carbocycles. The number of nitro groups is 1. The highest BCUT2D eigenvalue weighted by atomic mass is 35.5. The molecule has 1 N–H and O–H groups in total. The molecule has 0 bridgehead atoms. The summed E-state index contributed by atoms with van der Waals surface area (Å²) in [7, 11) is 0. The molecule has 1 aromatic rings. The van der Waals surface area contributed by atoms with Crippen molar-refractivity contribution in [3.8, 4) is 0 Å². The minimum Gasteiger partial charge on any atom is -0.480 e. The summed E-state index contributed by atoms with van der Waals surface area (Å²) in [5.74, 6) is -0.828. The maximum absolute atomic E-state index is 11.1. The highest BCUT2D eigenvalue weighted by Crippen LogP contribution is 2.27. The van der Waals surface area contributed by atoms with E-state index in [4.69, 9.17) is 16.7 Å². The summed E-state index contributed by atoms with van der Waals surface area (Å²) in [5, 5.41) is 19.8. The topological polar surface area (TPSA) is 83.7 Å². The molecule has 1 saturated heterocycles. The molecule has 1 atom stereocenters. The lowest BCUT2D eigenvalue weighted by molar-refractivity contribution is -0.384. The predicted molar refractivity (Wildman–Crippen MR) is 69.2 cm³/mol. The maximum atomic E-state index is 11.1. The SMILES string of the molecule is O=C(O)C1CCCN1Cc1ccc([N+](=O)[O-])c(Cl)c1. The van der Waals surface area contributed by atoms with Crippen molar-refractivity contribution in [2.45, 2.75) is 25.4 Å². The molecule has 7 heteroatoms. The zero-order valence-corrected chi connectivity index (χ0v) is 10.8. The standard InChI is InChI=1S/C12H13ClN2O4/c13-9-6-8(3-4-10(9)15(18)19)7-14-5-1-2-11(14)12(16)17/h3-4,6,11H,1-2,5,7H2,(H,16,17). The molecule has 0 radical (unpaired) electrons. The third kappa shape index (κ3) is 3.02. The number of aliphatic carboxylic acids is 1. The molecule has 0 aliphatic carbocycles. The molecule has 19 heavy (non-hydrogen) atoms. The maximum Gasteiger partial charge on any atom is 0.320 e. The number of nitro benzene ring substituents is 1. The lowest BCUT2D eigenvalue weighted by atomic mass is 10.1. The molecule has 102 valence electrons. The van der Waals surface area contributed by atoms with Crippen LogP contribution >= 0.6 is 11.6 Å². The van der Waals surface area contributed by atoms with Gasteiger partial charge in [0, 0.05) is 12.6 Å². The first-order valence-corrected chi connectivity index (χ1v) is 6.26. The number of halogens is 1. The number of hydrogen-bond acceptors (Lipinski definition) is 4. The Morgan fingerprint density at radius 3 is 2.89 bits per heavy atom. The Kier molecular flexibility index (Phi) is 4.01. The molecule has 1 aliphatic rings. The molecular weight excluding hydrogens is 272 g/mol. The molecular formula is C12H13ClN2O4. The van der Waals surface area contributed by atoms with E-state index in [9.17, 15) is 14.9 Å². The van der Waals surface area contributed by atoms with Crippen molar-refractivity contribution in [2.75, 3.05) is 6.54 Å². The van der Waals surface area contributed by atoms with Crippen LogP contribution in [0.15, 0.2) is 18.2 Å². The summed E-state index contributed by atoms with van der Waals surface area (Å²) in [5.41, 5.74) is 0.644. The van der Waals surface area contributed by atoms with Gasteiger partial charge in [0.25, 0.3) is 5.69 Å². The van der Waals surface area contributed by atoms with Crippen LogP contribution in [-0.4, -0.2) is 33.5 Å². The number of carbonyl (C=O) groups is 1. The summed E-state index contributed by atoms with van der Waals surface area (Å²) < 4.78 is 0. The van der Waals surface area contributed by atoms with Crippen LogP contribution in [0.3, 0.4) is 0 Å². The summed E-state index contributed by atoms with van der Waals surface area (Å²) in [6.07, 6.45) is 1.48. The van der Waals surface area contributed by atoms with Gasteiger partial charge in [0.05, 0.1) is 4.92 Å². The van der Waals surface area contributed by atoms with E-state index < -0.39 is 16.9 Å². The van der Waals surface area contributed by atoms with Gasteiger partial charge in [0.2, 0.25) is 0 Å². The summed E-state index contributed by atoms with van der Waals surface area (Å²) in [6.45, 7) is 1.15. The first-order chi connectivity index (χ1) is 8.99. The molecule has 0 amide bonds. The molecule has 1 fully saturated rings. The molecule has 1 aliphatic heterocycles. The molecule has 2 rings (SSSR count). The van der Waals surface area contributed by atoms with Crippen molar-refractivity contribution in [2.24, 2.45) is 0 Å². The van der Waals surface area contributed by atoms with Crippen LogP contribution in [0.2, 0.25) is 5.02 Å². The van der Waals surface area contributed by atoms with Crippen molar-refractivity contribution in [3.05, 3.63) is 38.9 Å². The van der Waals surface area contributed by atoms with Crippen LogP contribution in [-0.2, 0) is 11.3 Å². The smallest absolute Gasteiger partial charge is 0.320 e. The van der Waals surface area contributed by atoms with Gasteiger partial charge in [-0.3, -0.25) is 19.8 Å². The van der Waals surface area contributed by atoms with E-state index in [-0.39, 0.29) is 10.7 Å². The van der Waals surface area contributed by atoms with Crippen molar-refractivity contribution in [1.29, 1.82) is 0 Å². The molecule has 1 unspecified atom stereocenters. The fourth-order valence-electron chi connectivity index (χ4n) is 2.33. The van der Waals surface area contributed by atoms with E-state index in [1.807, 2.05) is 4.90 Å². The predicted octanol–water partition coefficient (Wildman–Crippen LogP) is 2.30. The third-order valence-electron chi connectivity index (χ3n) is 3.24. The second-order valence-corrected chi connectivity index (χ2v) is 4.92. The van der Waals surface area contributed by atoms with Gasteiger partial charge in [0.15, 0.2) is 0 Å². The average molecular weight is 285 g/mol. The fourth-order valence-corrected chi connectivity index (χ4v) is 2.60. The van der Waals surface area contributed by atoms with Crippen LogP contribution in [0.1, 0.15) is 18.4 Å². The van der Waals surface area contributed by atoms with Gasteiger partial charge in [-0.2, -0.15) is 0 Å². The normalized spacial score (nSPS) is 19.5. The molecule has 1 heterocycles. The lowest BCUT2D eigenvalue weighted by Gasteiger charge is -2.20. The average Bonchev–Trinajstić information content (AvgIpc) is 2.76. The number of rotatable bonds is 4. The second kappa shape index (κ2) is 5.54. The van der Waals surface area contributed by atoms with Gasteiger partial charge in [0.1, 0.15) is 11.1 Å². The first kappa shape index (κ1) is 13.8. The number of likely N-dealkylation sites (tertiary alicyclic amines) is 1. The number of carboxylic acid groups (broad SMARTS) is 1. The second-order valence-electron chi connectivity index (χ2n) is 4.51. The highest BCUT2D eigenvalue weighted by molar-refractivity contribution is 6.32. The highest BCUT2D eigenvalue weighted by Gasteiger charge is 2.30. The lowest BCUT2D eigenvalue weighted by Crippen LogP contribution is -2.35. The Morgan fingerprint density at radius 1 is 1.58 bits per heavy atom. The number of benzene rings is 1. The van der Waals surface area contributed by atoms with Crippen LogP contribution in [0.4, 0.5) is 5.69 Å². The van der Waals surface area contributed by atoms with E-state index in [0.717, 1.165) is 12.0 Å². The largest absolute Gasteiger partial charge is 0.480 e. The van der Waals surface area contributed by atoms with E-state index in [0.29, 0.717) is 19.5 Å². The van der Waals surface area contributed by atoms with Gasteiger partial charge in [-0.15, -0.1) is 0 Å². The van der Waals surface area contributed by atoms with E-state index in [1.54, 1.807) is 6.07 Å². The Bertz CT molecular complexity index is 520. The quantitative estimate of drug-likeness (QED) is 0.677. The van der Waals surface area contributed by atoms with Gasteiger partial charge < -0.3 is 5.11 Å². The number of hydrogen-bond donors (Lipinski definition) is 1. The van der Waals surface area contributed by atoms with E-state index >= 15 is 0 Å². The molecule has 0 spiro atoms. The van der Waals surface area contributed by atoms with Crippen molar-refractivity contribution < 1.29 is 14.8 Å². The van der Waals surface area contributed by atoms with Crippen LogP contribution in [0.25, 0.3) is 0 Å². The summed E-state index contributed by atoms with van der Waals surface area (Å²) >= 11 is 5.83. The van der Waals surface area contributed by atoms with E-state index in [1.165, 1.54) is 12.1 Å². The zero-order valence-electron chi connectivity index (χ0n) is 10.1. The van der Waals surface area contributed by atoms with E-state index in [2.05, 4.69) is 0 Å². The van der Waals surface area contributed by atoms with Crippen molar-refractivity contribution in [1.82, 2.24) is 4.90 Å². The minimum absolute atomic E-state index is 0.0774. The van der Waals surface area contributed by atoms with Crippen molar-refractivity contribution in [3.63, 3.8) is 0 Å². The van der Waals surface area contributed by atoms with Gasteiger partial charge in [-0.1, -0.05) is 17.7 Å². The summed E-state index contributed by atoms with van der Waals surface area (Å²) in [4.78, 5) is 23.0. The van der Waals surface area contributed by atoms with Crippen LogP contribution in [0.5, 0.6) is 0 Å². The van der Waals surface area contributed by atoms with Crippen LogP contribution < -0.4 is 0 Å². The fraction of sp³-hybridized carbons (Fsp3) is 0.417. The van der Waals surface area contributed by atoms with Gasteiger partial charge >= 0.3 is 5.97 Å². The number of carboxylic acids is 1. The Morgan fingerprint density at radius 2 is 2.32 bits per heavy atom. The van der Waals surface area contributed by atoms with Crippen molar-refractivity contribution >= 4 is 23.3 Å². The minimum atomic E-state index is -0.828.